The van der Waals surface area contributed by atoms with Gasteiger partial charge in [-0.25, -0.2) is 4.98 Å². The summed E-state index contributed by atoms with van der Waals surface area (Å²) in [5, 5.41) is 7.58. The second kappa shape index (κ2) is 6.93. The molecular weight excluding hydrogens is 316 g/mol. The van der Waals surface area contributed by atoms with Gasteiger partial charge < -0.3 is 9.73 Å². The number of benzene rings is 1. The molecule has 6 nitrogen and oxygen atoms in total. The molecule has 1 atom stereocenters. The Hall–Kier alpha value is -2.89. The van der Waals surface area contributed by atoms with Gasteiger partial charge in [-0.15, -0.1) is 0 Å². The fraction of sp³-hybridized carbons (Fsp3) is 0.316. The number of carbonyl (C=O) groups excluding carboxylic acids is 1. The van der Waals surface area contributed by atoms with Gasteiger partial charge in [0.05, 0.1) is 17.9 Å². The lowest BCUT2D eigenvalue weighted by molar-refractivity contribution is 0.0940. The second-order valence-corrected chi connectivity index (χ2v) is 6.04. The highest BCUT2D eigenvalue weighted by molar-refractivity contribution is 5.94. The topological polar surface area (TPSA) is 73.0 Å². The normalized spacial score (nSPS) is 12.2. The van der Waals surface area contributed by atoms with Crippen molar-refractivity contribution >= 4 is 5.91 Å². The van der Waals surface area contributed by atoms with Crippen LogP contribution in [0.3, 0.4) is 0 Å². The highest BCUT2D eigenvalue weighted by Gasteiger charge is 2.19. The number of nitrogens with zero attached hydrogens (tertiary/aromatic N) is 3. The van der Waals surface area contributed by atoms with E-state index in [1.165, 1.54) is 6.39 Å². The Bertz CT molecular complexity index is 864. The van der Waals surface area contributed by atoms with E-state index in [-0.39, 0.29) is 11.9 Å². The maximum Gasteiger partial charge on any atom is 0.251 e. The van der Waals surface area contributed by atoms with Crippen LogP contribution in [0.5, 0.6) is 0 Å². The van der Waals surface area contributed by atoms with Crippen molar-refractivity contribution < 1.29 is 9.21 Å². The Morgan fingerprint density at radius 1 is 1.28 bits per heavy atom. The first kappa shape index (κ1) is 17.0. The summed E-state index contributed by atoms with van der Waals surface area (Å²) in [4.78, 5) is 16.5. The lowest BCUT2D eigenvalue weighted by Gasteiger charge is -2.15. The van der Waals surface area contributed by atoms with E-state index in [0.29, 0.717) is 11.3 Å². The van der Waals surface area contributed by atoms with Gasteiger partial charge in [-0.05, 0) is 39.8 Å². The molecule has 0 saturated carbocycles. The van der Waals surface area contributed by atoms with Crippen molar-refractivity contribution in [3.8, 4) is 11.3 Å². The van der Waals surface area contributed by atoms with Gasteiger partial charge in [0.1, 0.15) is 0 Å². The Morgan fingerprint density at radius 3 is 2.56 bits per heavy atom. The molecule has 0 unspecified atom stereocenters. The van der Waals surface area contributed by atoms with Gasteiger partial charge in [0, 0.05) is 28.9 Å². The summed E-state index contributed by atoms with van der Waals surface area (Å²) in [6, 6.07) is 7.17. The standard InChI is InChI=1S/C19H22N4O2/c1-5-23-14(4)18(13(3)22-23)12(2)21-19(24)16-8-6-15(7-9-16)17-10-20-11-25-17/h6-12H,5H2,1-4H3,(H,21,24)/t12-/m0/s1. The number of rotatable bonds is 5. The number of aromatic nitrogens is 3. The van der Waals surface area contributed by atoms with E-state index < -0.39 is 0 Å². The van der Waals surface area contributed by atoms with Gasteiger partial charge in [-0.3, -0.25) is 9.48 Å². The molecule has 3 rings (SSSR count). The molecule has 6 heteroatoms. The van der Waals surface area contributed by atoms with Crippen LogP contribution >= 0.6 is 0 Å². The quantitative estimate of drug-likeness (QED) is 0.770. The lowest BCUT2D eigenvalue weighted by atomic mass is 10.1. The zero-order valence-electron chi connectivity index (χ0n) is 14.9. The maximum atomic E-state index is 12.6. The number of oxazole rings is 1. The van der Waals surface area contributed by atoms with Crippen molar-refractivity contribution in [2.45, 2.75) is 40.3 Å². The molecule has 2 heterocycles. The van der Waals surface area contributed by atoms with E-state index in [4.69, 9.17) is 4.42 Å². The molecular formula is C19H22N4O2. The zero-order chi connectivity index (χ0) is 18.0. The number of nitrogens with one attached hydrogen (secondary N) is 1. The van der Waals surface area contributed by atoms with Crippen LogP contribution in [-0.2, 0) is 6.54 Å². The van der Waals surface area contributed by atoms with Gasteiger partial charge in [0.25, 0.3) is 5.91 Å². The summed E-state index contributed by atoms with van der Waals surface area (Å²) >= 11 is 0. The second-order valence-electron chi connectivity index (χ2n) is 6.04. The predicted octanol–water partition coefficient (Wildman–Crippen LogP) is 3.67. The van der Waals surface area contributed by atoms with Gasteiger partial charge in [-0.2, -0.15) is 5.10 Å². The van der Waals surface area contributed by atoms with E-state index in [2.05, 4.69) is 22.3 Å². The van der Waals surface area contributed by atoms with Crippen LogP contribution in [0.15, 0.2) is 41.3 Å². The summed E-state index contributed by atoms with van der Waals surface area (Å²) in [6.45, 7) is 8.87. The average Bonchev–Trinajstić information content (AvgIpc) is 3.23. The lowest BCUT2D eigenvalue weighted by Crippen LogP contribution is -2.27. The highest BCUT2D eigenvalue weighted by atomic mass is 16.3. The van der Waals surface area contributed by atoms with Gasteiger partial charge in [0.15, 0.2) is 12.2 Å². The first-order valence-corrected chi connectivity index (χ1v) is 8.35. The van der Waals surface area contributed by atoms with Crippen LogP contribution in [-0.4, -0.2) is 20.7 Å². The first-order chi connectivity index (χ1) is 12.0. The van der Waals surface area contributed by atoms with E-state index >= 15 is 0 Å². The van der Waals surface area contributed by atoms with Crippen molar-refractivity contribution in [1.29, 1.82) is 0 Å². The largest absolute Gasteiger partial charge is 0.444 e. The first-order valence-electron chi connectivity index (χ1n) is 8.35. The summed E-state index contributed by atoms with van der Waals surface area (Å²) in [7, 11) is 0. The molecule has 0 aliphatic carbocycles. The van der Waals surface area contributed by atoms with Crippen LogP contribution in [0.2, 0.25) is 0 Å². The van der Waals surface area contributed by atoms with E-state index in [9.17, 15) is 4.79 Å². The fourth-order valence-electron chi connectivity index (χ4n) is 3.14. The third-order valence-electron chi connectivity index (χ3n) is 4.38. The molecule has 0 radical (unpaired) electrons. The SMILES string of the molecule is CCn1nc(C)c([C@H](C)NC(=O)c2ccc(-c3cnco3)cc2)c1C. The number of hydrogen-bond acceptors (Lipinski definition) is 4. The summed E-state index contributed by atoms with van der Waals surface area (Å²) in [5.41, 5.74) is 4.61. The van der Waals surface area contributed by atoms with Gasteiger partial charge in [0.2, 0.25) is 0 Å². The van der Waals surface area contributed by atoms with Crippen LogP contribution in [0.4, 0.5) is 0 Å². The van der Waals surface area contributed by atoms with Crippen LogP contribution in [0.1, 0.15) is 47.2 Å². The highest BCUT2D eigenvalue weighted by Crippen LogP contribution is 2.23. The number of carbonyl (C=O) groups is 1. The minimum absolute atomic E-state index is 0.109. The third kappa shape index (κ3) is 3.33. The van der Waals surface area contributed by atoms with E-state index in [1.54, 1.807) is 18.3 Å². The molecule has 1 aromatic carbocycles. The zero-order valence-corrected chi connectivity index (χ0v) is 14.9. The molecule has 1 amide bonds. The maximum absolute atomic E-state index is 12.6. The van der Waals surface area contributed by atoms with Gasteiger partial charge >= 0.3 is 0 Å². The molecule has 2 aromatic heterocycles. The van der Waals surface area contributed by atoms with Crippen molar-refractivity contribution in [2.24, 2.45) is 0 Å². The molecule has 0 aliphatic heterocycles. The summed E-state index contributed by atoms with van der Waals surface area (Å²) in [6.07, 6.45) is 3.03. The monoisotopic (exact) mass is 338 g/mol. The van der Waals surface area contributed by atoms with E-state index in [0.717, 1.165) is 29.1 Å². The Labute approximate surface area is 146 Å². The Kier molecular flexibility index (Phi) is 4.70. The predicted molar refractivity (Wildman–Crippen MR) is 95.2 cm³/mol. The van der Waals surface area contributed by atoms with Crippen molar-refractivity contribution in [3.63, 3.8) is 0 Å². The third-order valence-corrected chi connectivity index (χ3v) is 4.38. The molecule has 0 spiro atoms. The van der Waals surface area contributed by atoms with Crippen molar-refractivity contribution in [2.75, 3.05) is 0 Å². The molecule has 1 N–H and O–H groups in total. The molecule has 25 heavy (non-hydrogen) atoms. The van der Waals surface area contributed by atoms with Crippen molar-refractivity contribution in [1.82, 2.24) is 20.1 Å². The minimum Gasteiger partial charge on any atom is -0.444 e. The molecule has 0 bridgehead atoms. The number of aryl methyl sites for hydroxylation is 2. The average molecular weight is 338 g/mol. The molecule has 0 aliphatic rings. The molecule has 3 aromatic rings. The molecule has 0 saturated heterocycles. The molecule has 130 valence electrons. The summed E-state index contributed by atoms with van der Waals surface area (Å²) < 4.78 is 7.22. The van der Waals surface area contributed by atoms with E-state index in [1.807, 2.05) is 37.6 Å². The van der Waals surface area contributed by atoms with Crippen LogP contribution < -0.4 is 5.32 Å². The number of amides is 1. The van der Waals surface area contributed by atoms with Crippen molar-refractivity contribution in [3.05, 3.63) is 59.4 Å². The van der Waals surface area contributed by atoms with Gasteiger partial charge in [-0.1, -0.05) is 12.1 Å². The smallest absolute Gasteiger partial charge is 0.251 e. The van der Waals surface area contributed by atoms with Crippen LogP contribution in [0.25, 0.3) is 11.3 Å². The Balaban J connectivity index is 1.75. The number of hydrogen-bond donors (Lipinski definition) is 1. The fourth-order valence-corrected chi connectivity index (χ4v) is 3.14. The Morgan fingerprint density at radius 2 is 2.00 bits per heavy atom. The molecule has 0 fully saturated rings. The summed E-state index contributed by atoms with van der Waals surface area (Å²) in [5.74, 6) is 0.568. The minimum atomic E-state index is -0.111. The van der Waals surface area contributed by atoms with Crippen LogP contribution in [0, 0.1) is 13.8 Å².